The first-order valence-corrected chi connectivity index (χ1v) is 12.4. The number of nitrogens with zero attached hydrogens (tertiary/aromatic N) is 3. The lowest BCUT2D eigenvalue weighted by Crippen LogP contribution is -2.46. The molecule has 2 saturated carbocycles. The van der Waals surface area contributed by atoms with Gasteiger partial charge in [0.1, 0.15) is 5.56 Å². The fourth-order valence-electron chi connectivity index (χ4n) is 6.45. The highest BCUT2D eigenvalue weighted by atomic mass is 19.1. The molecule has 2 aromatic heterocycles. The molecule has 4 aliphatic rings. The molecule has 182 valence electrons. The van der Waals surface area contributed by atoms with Gasteiger partial charge in [-0.05, 0) is 67.6 Å². The molecule has 0 radical (unpaired) electrons. The lowest BCUT2D eigenvalue weighted by molar-refractivity contribution is 0.0694. The van der Waals surface area contributed by atoms with E-state index in [1.807, 2.05) is 11.8 Å². The number of likely N-dealkylation sites (tertiary alicyclic amines) is 1. The van der Waals surface area contributed by atoms with E-state index in [-0.39, 0.29) is 29.6 Å². The SMILES string of the molecule is Cc1c(N2CC(N)C(N3C[C@H](C4CC4)[C@@H](N)C3)C2)c(F)cn2c(=O)c(C(=O)O)cc(C3CC3)c12. The van der Waals surface area contributed by atoms with Gasteiger partial charge in [-0.2, -0.15) is 0 Å². The van der Waals surface area contributed by atoms with Crippen molar-refractivity contribution in [2.24, 2.45) is 23.3 Å². The van der Waals surface area contributed by atoms with E-state index in [1.165, 1.54) is 23.3 Å². The summed E-state index contributed by atoms with van der Waals surface area (Å²) in [6.07, 6.45) is 5.57. The zero-order chi connectivity index (χ0) is 23.9. The van der Waals surface area contributed by atoms with E-state index in [4.69, 9.17) is 11.5 Å². The van der Waals surface area contributed by atoms with Crippen LogP contribution in [0.3, 0.4) is 0 Å². The highest BCUT2D eigenvalue weighted by Gasteiger charge is 2.46. The first kappa shape index (κ1) is 22.0. The van der Waals surface area contributed by atoms with Crippen LogP contribution in [-0.2, 0) is 0 Å². The second-order valence-electron chi connectivity index (χ2n) is 10.8. The number of aryl methyl sites for hydroxylation is 1. The number of anilines is 1. The fraction of sp³-hybridized carbons (Fsp3) is 0.600. The first-order valence-electron chi connectivity index (χ1n) is 12.4. The van der Waals surface area contributed by atoms with Gasteiger partial charge in [-0.3, -0.25) is 14.1 Å². The van der Waals surface area contributed by atoms with Gasteiger partial charge in [0.25, 0.3) is 5.56 Å². The van der Waals surface area contributed by atoms with Gasteiger partial charge in [-0.1, -0.05) is 0 Å². The van der Waals surface area contributed by atoms with Crippen molar-refractivity contribution in [1.29, 1.82) is 0 Å². The summed E-state index contributed by atoms with van der Waals surface area (Å²) in [7, 11) is 0. The third-order valence-corrected chi connectivity index (χ3v) is 8.48. The van der Waals surface area contributed by atoms with Crippen LogP contribution in [0.15, 0.2) is 17.1 Å². The number of rotatable bonds is 5. The molecule has 2 aromatic rings. The van der Waals surface area contributed by atoms with Crippen LogP contribution in [0.4, 0.5) is 10.1 Å². The van der Waals surface area contributed by atoms with E-state index in [2.05, 4.69) is 4.90 Å². The summed E-state index contributed by atoms with van der Waals surface area (Å²) in [6.45, 7) is 4.74. The minimum atomic E-state index is -1.29. The Morgan fingerprint density at radius 3 is 2.47 bits per heavy atom. The molecule has 4 heterocycles. The summed E-state index contributed by atoms with van der Waals surface area (Å²) in [4.78, 5) is 28.9. The Hall–Kier alpha value is -2.49. The highest BCUT2D eigenvalue weighted by molar-refractivity contribution is 5.89. The number of carboxylic acids is 1. The van der Waals surface area contributed by atoms with Gasteiger partial charge in [-0.15, -0.1) is 0 Å². The van der Waals surface area contributed by atoms with Gasteiger partial charge in [0.15, 0.2) is 5.82 Å². The molecule has 5 N–H and O–H groups in total. The number of hydrogen-bond acceptors (Lipinski definition) is 6. The Kier molecular flexibility index (Phi) is 5.02. The fourth-order valence-corrected chi connectivity index (χ4v) is 6.45. The molecule has 2 aliphatic heterocycles. The highest BCUT2D eigenvalue weighted by Crippen LogP contribution is 2.45. The van der Waals surface area contributed by atoms with E-state index < -0.39 is 17.3 Å². The second kappa shape index (κ2) is 7.76. The van der Waals surface area contributed by atoms with Crippen molar-refractivity contribution in [2.45, 2.75) is 56.7 Å². The van der Waals surface area contributed by atoms with Crippen molar-refractivity contribution in [3.8, 4) is 0 Å². The van der Waals surface area contributed by atoms with Crippen LogP contribution >= 0.6 is 0 Å². The van der Waals surface area contributed by atoms with Crippen molar-refractivity contribution in [2.75, 3.05) is 31.1 Å². The molecular weight excluding hydrogens is 437 g/mol. The van der Waals surface area contributed by atoms with E-state index >= 15 is 4.39 Å². The van der Waals surface area contributed by atoms with Crippen molar-refractivity contribution in [3.05, 3.63) is 45.1 Å². The minimum absolute atomic E-state index is 0.101. The van der Waals surface area contributed by atoms with Gasteiger partial charge in [0.05, 0.1) is 17.4 Å². The largest absolute Gasteiger partial charge is 0.477 e. The van der Waals surface area contributed by atoms with Gasteiger partial charge in [-0.25, -0.2) is 9.18 Å². The second-order valence-corrected chi connectivity index (χ2v) is 10.8. The Morgan fingerprint density at radius 1 is 1.09 bits per heavy atom. The standard InChI is InChI=1S/C25H32FN5O3/c1-12-22-15(13-2-3-13)6-16(25(33)34)24(32)31(22)8-18(26)23(12)30-10-20(28)21(11-30)29-7-17(14-4-5-14)19(27)9-29/h6,8,13-14,17,19-21H,2-5,7,9-11,27-28H2,1H3,(H,33,34)/t17-,19+,20?,21?/m1/s1. The molecular formula is C25H32FN5O3. The summed E-state index contributed by atoms with van der Waals surface area (Å²) < 4.78 is 16.7. The van der Waals surface area contributed by atoms with Crippen LogP contribution in [-0.4, -0.2) is 64.7 Å². The van der Waals surface area contributed by atoms with Gasteiger partial charge >= 0.3 is 5.97 Å². The number of carboxylic acid groups (broad SMARTS) is 1. The van der Waals surface area contributed by atoms with Crippen LogP contribution < -0.4 is 21.9 Å². The summed E-state index contributed by atoms with van der Waals surface area (Å²) in [6, 6.07) is 1.64. The number of nitrogens with two attached hydrogens (primary N) is 2. The molecule has 6 rings (SSSR count). The third-order valence-electron chi connectivity index (χ3n) is 8.48. The first-order chi connectivity index (χ1) is 16.2. The minimum Gasteiger partial charge on any atom is -0.477 e. The van der Waals surface area contributed by atoms with Crippen LogP contribution in [0.25, 0.3) is 5.52 Å². The summed E-state index contributed by atoms with van der Waals surface area (Å²) in [5.74, 6) is -0.353. The average molecular weight is 470 g/mol. The number of carbonyl (C=O) groups is 1. The summed E-state index contributed by atoms with van der Waals surface area (Å²) in [5.41, 5.74) is 14.6. The van der Waals surface area contributed by atoms with Crippen molar-refractivity contribution < 1.29 is 14.3 Å². The number of halogens is 1. The molecule has 4 fully saturated rings. The molecule has 9 heteroatoms. The monoisotopic (exact) mass is 469 g/mol. The molecule has 2 unspecified atom stereocenters. The van der Waals surface area contributed by atoms with Crippen LogP contribution in [0.2, 0.25) is 0 Å². The Bertz CT molecular complexity index is 1240. The molecule has 0 amide bonds. The molecule has 4 atom stereocenters. The Labute approximate surface area is 197 Å². The molecule has 2 aliphatic carbocycles. The molecule has 0 aromatic carbocycles. The zero-order valence-corrected chi connectivity index (χ0v) is 19.4. The maximum absolute atomic E-state index is 15.5. The molecule has 34 heavy (non-hydrogen) atoms. The smallest absolute Gasteiger partial charge is 0.341 e. The van der Waals surface area contributed by atoms with Crippen LogP contribution in [0.5, 0.6) is 0 Å². The third kappa shape index (κ3) is 3.44. The van der Waals surface area contributed by atoms with E-state index in [9.17, 15) is 14.7 Å². The normalized spacial score (nSPS) is 29.9. The van der Waals surface area contributed by atoms with Crippen molar-refractivity contribution in [1.82, 2.24) is 9.30 Å². The Morgan fingerprint density at radius 2 is 1.82 bits per heavy atom. The van der Waals surface area contributed by atoms with Crippen LogP contribution in [0, 0.1) is 24.6 Å². The molecule has 0 bridgehead atoms. The maximum atomic E-state index is 15.5. The Balaban J connectivity index is 1.37. The van der Waals surface area contributed by atoms with E-state index in [1.54, 1.807) is 0 Å². The predicted molar refractivity (Wildman–Crippen MR) is 127 cm³/mol. The quantitative estimate of drug-likeness (QED) is 0.608. The predicted octanol–water partition coefficient (Wildman–Crippen LogP) is 1.51. The number of aromatic carboxylic acids is 1. The summed E-state index contributed by atoms with van der Waals surface area (Å²) in [5, 5.41) is 9.51. The number of pyridine rings is 2. The van der Waals surface area contributed by atoms with E-state index in [0.717, 1.165) is 43.6 Å². The topological polar surface area (TPSA) is 117 Å². The van der Waals surface area contributed by atoms with Gasteiger partial charge in [0, 0.05) is 44.3 Å². The number of hydrogen-bond donors (Lipinski definition) is 3. The lowest BCUT2D eigenvalue weighted by Gasteiger charge is -2.27. The van der Waals surface area contributed by atoms with Gasteiger partial charge < -0.3 is 21.5 Å². The number of aromatic nitrogens is 1. The van der Waals surface area contributed by atoms with Gasteiger partial charge in [0.2, 0.25) is 0 Å². The molecule has 0 spiro atoms. The lowest BCUT2D eigenvalue weighted by atomic mass is 9.99. The molecule has 2 saturated heterocycles. The number of fused-ring (bicyclic) bond motifs is 1. The summed E-state index contributed by atoms with van der Waals surface area (Å²) >= 11 is 0. The zero-order valence-electron chi connectivity index (χ0n) is 19.4. The average Bonchev–Trinajstić information content (AvgIpc) is 3.70. The van der Waals surface area contributed by atoms with Crippen LogP contribution in [0.1, 0.15) is 53.1 Å². The van der Waals surface area contributed by atoms with E-state index in [0.29, 0.717) is 35.8 Å². The van der Waals surface area contributed by atoms with Crippen molar-refractivity contribution in [3.63, 3.8) is 0 Å². The van der Waals surface area contributed by atoms with Crippen molar-refractivity contribution >= 4 is 17.2 Å². The maximum Gasteiger partial charge on any atom is 0.341 e. The molecule has 8 nitrogen and oxygen atoms in total.